The zero-order valence-electron chi connectivity index (χ0n) is 14.9. The Morgan fingerprint density at radius 3 is 2.74 bits per heavy atom. The Hall–Kier alpha value is -3.55. The van der Waals surface area contributed by atoms with E-state index in [9.17, 15) is 9.59 Å². The standard InChI is InChI=1S/C19H19N3O5/c1-12-10-17(22-27-12)21-18(23)13(2)26-19(24)15-7-3-4-8-16(15)20-11-14-6-5-9-25-14/h3-10,13,20H,11H2,1-2H3,(H,21,22,23)/t13-/m0/s1. The summed E-state index contributed by atoms with van der Waals surface area (Å²) >= 11 is 0. The van der Waals surface area contributed by atoms with Gasteiger partial charge in [-0.3, -0.25) is 4.79 Å². The Labute approximate surface area is 155 Å². The molecular weight excluding hydrogens is 350 g/mol. The number of hydrogen-bond donors (Lipinski definition) is 2. The van der Waals surface area contributed by atoms with Gasteiger partial charge in [-0.15, -0.1) is 0 Å². The van der Waals surface area contributed by atoms with E-state index in [2.05, 4.69) is 15.8 Å². The van der Waals surface area contributed by atoms with Crippen LogP contribution >= 0.6 is 0 Å². The predicted molar refractivity (Wildman–Crippen MR) is 97.2 cm³/mol. The number of hydrogen-bond acceptors (Lipinski definition) is 7. The fraction of sp³-hybridized carbons (Fsp3) is 0.211. The third-order valence-corrected chi connectivity index (χ3v) is 3.71. The number of carbonyl (C=O) groups is 2. The van der Waals surface area contributed by atoms with Crippen molar-refractivity contribution in [3.05, 3.63) is 65.8 Å². The van der Waals surface area contributed by atoms with Crippen molar-refractivity contribution in [1.29, 1.82) is 0 Å². The number of aryl methyl sites for hydroxylation is 1. The molecule has 0 aliphatic heterocycles. The van der Waals surface area contributed by atoms with Crippen molar-refractivity contribution < 1.29 is 23.3 Å². The molecule has 0 aliphatic rings. The van der Waals surface area contributed by atoms with Crippen LogP contribution in [0.5, 0.6) is 0 Å². The Morgan fingerprint density at radius 2 is 2.04 bits per heavy atom. The number of furan rings is 1. The minimum Gasteiger partial charge on any atom is -0.467 e. The Bertz CT molecular complexity index is 917. The van der Waals surface area contributed by atoms with Gasteiger partial charge in [0.1, 0.15) is 11.5 Å². The van der Waals surface area contributed by atoms with E-state index < -0.39 is 18.0 Å². The first-order valence-corrected chi connectivity index (χ1v) is 8.33. The number of amides is 1. The fourth-order valence-electron chi connectivity index (χ4n) is 2.34. The van der Waals surface area contributed by atoms with Crippen molar-refractivity contribution >= 4 is 23.4 Å². The largest absolute Gasteiger partial charge is 0.467 e. The number of carbonyl (C=O) groups excluding carboxylic acids is 2. The molecule has 0 saturated carbocycles. The van der Waals surface area contributed by atoms with Crippen molar-refractivity contribution in [2.75, 3.05) is 10.6 Å². The smallest absolute Gasteiger partial charge is 0.341 e. The minimum absolute atomic E-state index is 0.265. The van der Waals surface area contributed by atoms with Crippen LogP contribution in [0.4, 0.5) is 11.5 Å². The van der Waals surface area contributed by atoms with Crippen molar-refractivity contribution in [1.82, 2.24) is 5.16 Å². The summed E-state index contributed by atoms with van der Waals surface area (Å²) in [7, 11) is 0. The molecule has 8 nitrogen and oxygen atoms in total. The lowest BCUT2D eigenvalue weighted by molar-refractivity contribution is -0.123. The minimum atomic E-state index is -1.01. The van der Waals surface area contributed by atoms with Crippen LogP contribution < -0.4 is 10.6 Å². The van der Waals surface area contributed by atoms with Crippen LogP contribution in [0.3, 0.4) is 0 Å². The molecular formula is C19H19N3O5. The zero-order valence-corrected chi connectivity index (χ0v) is 14.9. The molecule has 3 aromatic rings. The van der Waals surface area contributed by atoms with Crippen LogP contribution in [0.1, 0.15) is 28.8 Å². The summed E-state index contributed by atoms with van der Waals surface area (Å²) < 4.78 is 15.4. The number of para-hydroxylation sites is 1. The molecule has 1 amide bonds. The van der Waals surface area contributed by atoms with Gasteiger partial charge in [-0.05, 0) is 38.1 Å². The van der Waals surface area contributed by atoms with E-state index in [1.165, 1.54) is 6.92 Å². The van der Waals surface area contributed by atoms with Crippen LogP contribution in [-0.4, -0.2) is 23.1 Å². The number of rotatable bonds is 7. The molecule has 8 heteroatoms. The molecule has 0 unspecified atom stereocenters. The maximum absolute atomic E-state index is 12.5. The van der Waals surface area contributed by atoms with Gasteiger partial charge in [0, 0.05) is 11.8 Å². The first-order valence-electron chi connectivity index (χ1n) is 8.33. The van der Waals surface area contributed by atoms with Crippen molar-refractivity contribution in [2.24, 2.45) is 0 Å². The molecule has 0 spiro atoms. The average Bonchev–Trinajstić information content (AvgIpc) is 3.31. The SMILES string of the molecule is Cc1cc(NC(=O)[C@H](C)OC(=O)c2ccccc2NCc2ccco2)no1. The van der Waals surface area contributed by atoms with E-state index in [1.54, 1.807) is 49.6 Å². The zero-order chi connectivity index (χ0) is 19.2. The highest BCUT2D eigenvalue weighted by Gasteiger charge is 2.21. The summed E-state index contributed by atoms with van der Waals surface area (Å²) in [6.45, 7) is 3.61. The summed E-state index contributed by atoms with van der Waals surface area (Å²) in [6, 6.07) is 12.1. The van der Waals surface area contributed by atoms with Gasteiger partial charge in [0.15, 0.2) is 11.9 Å². The first kappa shape index (κ1) is 18.2. The fourth-order valence-corrected chi connectivity index (χ4v) is 2.34. The summed E-state index contributed by atoms with van der Waals surface area (Å²) in [5, 5.41) is 9.32. The van der Waals surface area contributed by atoms with E-state index in [4.69, 9.17) is 13.7 Å². The van der Waals surface area contributed by atoms with Crippen molar-refractivity contribution in [3.63, 3.8) is 0 Å². The molecule has 0 bridgehead atoms. The molecule has 140 valence electrons. The highest BCUT2D eigenvalue weighted by molar-refractivity contribution is 5.99. The second kappa shape index (κ2) is 8.22. The van der Waals surface area contributed by atoms with Crippen LogP contribution in [0.25, 0.3) is 0 Å². The molecule has 0 saturated heterocycles. The summed E-state index contributed by atoms with van der Waals surface area (Å²) in [5.41, 5.74) is 0.902. The summed E-state index contributed by atoms with van der Waals surface area (Å²) in [6.07, 6.45) is 0.570. The summed E-state index contributed by atoms with van der Waals surface area (Å²) in [5.74, 6) is 0.440. The van der Waals surface area contributed by atoms with Crippen LogP contribution in [0.2, 0.25) is 0 Å². The van der Waals surface area contributed by atoms with Gasteiger partial charge in [0.2, 0.25) is 0 Å². The lowest BCUT2D eigenvalue weighted by Gasteiger charge is -2.14. The maximum Gasteiger partial charge on any atom is 0.341 e. The highest BCUT2D eigenvalue weighted by atomic mass is 16.5. The quantitative estimate of drug-likeness (QED) is 0.615. The van der Waals surface area contributed by atoms with Gasteiger partial charge in [0.05, 0.1) is 18.4 Å². The predicted octanol–water partition coefficient (Wildman–Crippen LogP) is 3.37. The number of aromatic nitrogens is 1. The van der Waals surface area contributed by atoms with E-state index >= 15 is 0 Å². The topological polar surface area (TPSA) is 107 Å². The van der Waals surface area contributed by atoms with Gasteiger partial charge in [0.25, 0.3) is 5.91 Å². The Balaban J connectivity index is 1.62. The van der Waals surface area contributed by atoms with Crippen molar-refractivity contribution in [3.8, 4) is 0 Å². The highest BCUT2D eigenvalue weighted by Crippen LogP contribution is 2.18. The first-order chi connectivity index (χ1) is 13.0. The lowest BCUT2D eigenvalue weighted by Crippen LogP contribution is -2.30. The Kier molecular flexibility index (Phi) is 5.55. The molecule has 27 heavy (non-hydrogen) atoms. The third kappa shape index (κ3) is 4.75. The van der Waals surface area contributed by atoms with Gasteiger partial charge in [-0.2, -0.15) is 0 Å². The number of ether oxygens (including phenoxy) is 1. The van der Waals surface area contributed by atoms with E-state index in [-0.39, 0.29) is 5.82 Å². The maximum atomic E-state index is 12.5. The molecule has 3 rings (SSSR count). The van der Waals surface area contributed by atoms with Gasteiger partial charge < -0.3 is 24.3 Å². The number of nitrogens with zero attached hydrogens (tertiary/aromatic N) is 1. The number of esters is 1. The van der Waals surface area contributed by atoms with Crippen LogP contribution in [0.15, 0.2) is 57.7 Å². The van der Waals surface area contributed by atoms with E-state index in [0.29, 0.717) is 23.6 Å². The van der Waals surface area contributed by atoms with Gasteiger partial charge >= 0.3 is 5.97 Å². The van der Waals surface area contributed by atoms with Crippen LogP contribution in [0, 0.1) is 6.92 Å². The molecule has 1 atom stereocenters. The molecule has 2 heterocycles. The molecule has 2 N–H and O–H groups in total. The van der Waals surface area contributed by atoms with Gasteiger partial charge in [-0.25, -0.2) is 4.79 Å². The molecule has 1 aromatic carbocycles. The molecule has 0 radical (unpaired) electrons. The lowest BCUT2D eigenvalue weighted by atomic mass is 10.1. The van der Waals surface area contributed by atoms with Gasteiger partial charge in [-0.1, -0.05) is 17.3 Å². The second-order valence-corrected chi connectivity index (χ2v) is 5.84. The van der Waals surface area contributed by atoms with Crippen LogP contribution in [-0.2, 0) is 16.1 Å². The number of benzene rings is 1. The molecule has 0 fully saturated rings. The molecule has 2 aromatic heterocycles. The monoisotopic (exact) mass is 369 g/mol. The number of nitrogens with one attached hydrogen (secondary N) is 2. The molecule has 0 aliphatic carbocycles. The van der Waals surface area contributed by atoms with E-state index in [0.717, 1.165) is 5.76 Å². The number of anilines is 2. The summed E-state index contributed by atoms with van der Waals surface area (Å²) in [4.78, 5) is 24.7. The normalized spacial score (nSPS) is 11.6. The second-order valence-electron chi connectivity index (χ2n) is 5.84. The van der Waals surface area contributed by atoms with Crippen molar-refractivity contribution in [2.45, 2.75) is 26.5 Å². The van der Waals surface area contributed by atoms with E-state index in [1.807, 2.05) is 6.07 Å². The Morgan fingerprint density at radius 1 is 1.22 bits per heavy atom. The third-order valence-electron chi connectivity index (χ3n) is 3.71. The average molecular weight is 369 g/mol.